The van der Waals surface area contributed by atoms with E-state index in [0.29, 0.717) is 53.7 Å². The summed E-state index contributed by atoms with van der Waals surface area (Å²) in [6.45, 7) is 24.2. The second-order valence-electron chi connectivity index (χ2n) is 16.5. The van der Waals surface area contributed by atoms with Gasteiger partial charge in [0, 0.05) is 70.6 Å². The number of para-hydroxylation sites is 1. The number of Topliss-reactive ketones (excluding diaryl/α,β-unsaturated/α-hetero) is 2. The minimum Gasteiger partial charge on any atom is -0.481 e. The summed E-state index contributed by atoms with van der Waals surface area (Å²) in [5, 5.41) is 29.9. The molecule has 0 spiro atoms. The Morgan fingerprint density at radius 3 is 1.77 bits per heavy atom. The molecule has 0 aliphatic carbocycles. The van der Waals surface area contributed by atoms with E-state index in [9.17, 15) is 29.3 Å². The molecule has 6 N–H and O–H groups in total. The number of hydrogen-bond donors (Lipinski definition) is 5. The molecule has 0 bridgehead atoms. The minimum absolute atomic E-state index is 0.0251. The van der Waals surface area contributed by atoms with Crippen LogP contribution in [0, 0.1) is 27.9 Å². The van der Waals surface area contributed by atoms with E-state index in [1.807, 2.05) is 79.4 Å². The number of thioether (sulfide) groups is 1. The number of nitrogens with zero attached hydrogens (tertiary/aromatic N) is 1. The largest absolute Gasteiger partial charge is 0.481 e. The first kappa shape index (κ1) is 60.4. The van der Waals surface area contributed by atoms with E-state index in [2.05, 4.69) is 36.1 Å². The highest BCUT2D eigenvalue weighted by Gasteiger charge is 2.24. The van der Waals surface area contributed by atoms with Crippen molar-refractivity contribution in [2.45, 2.75) is 155 Å². The number of carboxylic acids is 1. The van der Waals surface area contributed by atoms with E-state index in [4.69, 9.17) is 15.6 Å². The van der Waals surface area contributed by atoms with E-state index in [1.165, 1.54) is 6.07 Å². The predicted molar refractivity (Wildman–Crippen MR) is 261 cm³/mol. The third-order valence-corrected chi connectivity index (χ3v) is 14.0. The molecule has 1 aromatic rings. The number of carboxylic acid groups (broad SMARTS) is 1. The Hall–Kier alpha value is -1.67. The lowest BCUT2D eigenvalue weighted by Gasteiger charge is -2.23. The number of amides is 1. The lowest BCUT2D eigenvalue weighted by Crippen LogP contribution is -2.44. The van der Waals surface area contributed by atoms with Crippen molar-refractivity contribution in [2.75, 3.05) is 31.4 Å². The highest BCUT2D eigenvalue weighted by atomic mass is 33.1. The molecule has 0 fully saturated rings. The maximum absolute atomic E-state index is 12.2. The summed E-state index contributed by atoms with van der Waals surface area (Å²) in [6.07, 6.45) is 6.81. The van der Waals surface area contributed by atoms with Crippen LogP contribution in [0.1, 0.15) is 114 Å². The van der Waals surface area contributed by atoms with Crippen LogP contribution in [0.5, 0.6) is 0 Å². The van der Waals surface area contributed by atoms with Gasteiger partial charge in [0.05, 0.1) is 22.9 Å². The molecule has 0 saturated carbocycles. The van der Waals surface area contributed by atoms with Crippen LogP contribution in [-0.2, 0) is 24.9 Å². The predicted octanol–water partition coefficient (Wildman–Crippen LogP) is 9.51. The van der Waals surface area contributed by atoms with Crippen molar-refractivity contribution in [1.29, 1.82) is 0 Å². The molecular weight excluding hydrogens is 863 g/mol. The van der Waals surface area contributed by atoms with Crippen LogP contribution in [0.25, 0.3) is 0 Å². The van der Waals surface area contributed by atoms with E-state index in [-0.39, 0.29) is 57.5 Å². The number of alkyl carbamates (subject to hydrolysis) is 1. The van der Waals surface area contributed by atoms with Gasteiger partial charge in [-0.25, -0.2) is 4.79 Å². The number of nitrogens with one attached hydrogen (secondary N) is 3. The number of ether oxygens (including phenoxy) is 1. The normalized spacial score (nSPS) is 14.0. The van der Waals surface area contributed by atoms with E-state index < -0.39 is 17.7 Å². The molecule has 0 aliphatic heterocycles. The van der Waals surface area contributed by atoms with Crippen LogP contribution >= 0.6 is 54.9 Å². The van der Waals surface area contributed by atoms with Crippen molar-refractivity contribution in [2.24, 2.45) is 23.5 Å². The molecular formula is C42H77N5O8S5. The molecule has 0 aliphatic rings. The van der Waals surface area contributed by atoms with Crippen molar-refractivity contribution in [1.82, 2.24) is 16.0 Å². The summed E-state index contributed by atoms with van der Waals surface area (Å²) >= 11 is 1.55. The molecule has 60 heavy (non-hydrogen) atoms. The second kappa shape index (κ2) is 33.8. The number of ketones is 2. The number of carbonyl (C=O) groups excluding carboxylic acids is 3. The number of aliphatic carboxylic acids is 1. The van der Waals surface area contributed by atoms with Crippen LogP contribution < -0.4 is 21.7 Å². The third-order valence-electron chi connectivity index (χ3n) is 8.35. The monoisotopic (exact) mass is 939 g/mol. The number of carbonyl (C=O) groups is 4. The fourth-order valence-electron chi connectivity index (χ4n) is 5.31. The first-order valence-electron chi connectivity index (χ1n) is 20.6. The molecule has 1 rings (SSSR count). The molecule has 0 aromatic heterocycles. The number of nitrogens with two attached hydrogens (primary N) is 1. The van der Waals surface area contributed by atoms with Crippen molar-refractivity contribution in [3.63, 3.8) is 0 Å². The average Bonchev–Trinajstić information content (AvgIpc) is 3.15. The molecule has 348 valence electrons. The summed E-state index contributed by atoms with van der Waals surface area (Å²) in [7, 11) is 6.81. The number of benzene rings is 1. The van der Waals surface area contributed by atoms with E-state index >= 15 is 0 Å². The maximum Gasteiger partial charge on any atom is 0.407 e. The highest BCUT2D eigenvalue weighted by molar-refractivity contribution is 8.77. The summed E-state index contributed by atoms with van der Waals surface area (Å²) < 4.78 is 5.17. The van der Waals surface area contributed by atoms with Crippen molar-refractivity contribution >= 4 is 84.3 Å². The molecule has 1 amide bonds. The number of rotatable bonds is 27. The Kier molecular flexibility index (Phi) is 34.1. The topological polar surface area (TPSA) is 203 Å². The fraction of sp³-hybridized carbons (Fsp3) is 0.762. The SMILES string of the molecule is CC(C)N[C@@H](CSCc1ccccc1[N+](=O)[O-])C(=O)C(C)C.CSSC(CCC(C)C(=O)O)CNC(=O)OC(C)(C)C.CSSC(CN)CCC(NC(C)C)C(=O)C(C)C. The third kappa shape index (κ3) is 30.4. The van der Waals surface area contributed by atoms with Crippen LogP contribution in [0.4, 0.5) is 10.5 Å². The van der Waals surface area contributed by atoms with Gasteiger partial charge in [0.15, 0.2) is 11.6 Å². The molecule has 0 saturated heterocycles. The Bertz CT molecular complexity index is 1380. The van der Waals surface area contributed by atoms with Gasteiger partial charge in [-0.3, -0.25) is 24.5 Å². The molecule has 0 heterocycles. The van der Waals surface area contributed by atoms with Gasteiger partial charge < -0.3 is 31.5 Å². The van der Waals surface area contributed by atoms with Crippen molar-refractivity contribution in [3.05, 3.63) is 39.9 Å². The minimum atomic E-state index is -0.780. The fourth-order valence-corrected chi connectivity index (χ4v) is 10.3. The lowest BCUT2D eigenvalue weighted by molar-refractivity contribution is -0.385. The highest BCUT2D eigenvalue weighted by Crippen LogP contribution is 2.29. The zero-order valence-electron chi connectivity index (χ0n) is 38.5. The maximum atomic E-state index is 12.2. The Morgan fingerprint density at radius 2 is 1.30 bits per heavy atom. The molecule has 1 aromatic carbocycles. The Labute approximate surface area is 381 Å². The van der Waals surface area contributed by atoms with Gasteiger partial charge in [-0.05, 0) is 59.0 Å². The molecule has 5 atom stereocenters. The van der Waals surface area contributed by atoms with Crippen molar-refractivity contribution in [3.8, 4) is 0 Å². The van der Waals surface area contributed by atoms with Crippen LogP contribution in [0.2, 0.25) is 0 Å². The first-order chi connectivity index (χ1) is 27.9. The Morgan fingerprint density at radius 1 is 0.800 bits per heavy atom. The van der Waals surface area contributed by atoms with E-state index in [1.54, 1.807) is 69.3 Å². The van der Waals surface area contributed by atoms with Crippen LogP contribution in [0.15, 0.2) is 24.3 Å². The second-order valence-corrected chi connectivity index (χ2v) is 23.1. The number of hydrogen-bond acceptors (Lipinski definition) is 15. The zero-order chi connectivity index (χ0) is 46.6. The summed E-state index contributed by atoms with van der Waals surface area (Å²) in [5.74, 6) is 0.561. The number of nitro groups is 1. The van der Waals surface area contributed by atoms with Gasteiger partial charge in [0.2, 0.25) is 0 Å². The molecule has 13 nitrogen and oxygen atoms in total. The van der Waals surface area contributed by atoms with Gasteiger partial charge in [-0.2, -0.15) is 11.8 Å². The number of nitro benzene ring substituents is 1. The van der Waals surface area contributed by atoms with Gasteiger partial charge in [0.25, 0.3) is 5.69 Å². The first-order valence-corrected chi connectivity index (χ1v) is 27.0. The lowest BCUT2D eigenvalue weighted by atomic mass is 9.96. The average molecular weight is 940 g/mol. The quantitative estimate of drug-likeness (QED) is 0.0317. The summed E-state index contributed by atoms with van der Waals surface area (Å²) in [4.78, 5) is 57.3. The van der Waals surface area contributed by atoms with Crippen molar-refractivity contribution < 1.29 is 33.9 Å². The van der Waals surface area contributed by atoms with Gasteiger partial charge in [-0.1, -0.05) is 124 Å². The van der Waals surface area contributed by atoms with Gasteiger partial charge in [-0.15, -0.1) is 0 Å². The van der Waals surface area contributed by atoms with Crippen LogP contribution in [-0.4, -0.2) is 105 Å². The van der Waals surface area contributed by atoms with Crippen LogP contribution in [0.3, 0.4) is 0 Å². The van der Waals surface area contributed by atoms with Gasteiger partial charge in [0.1, 0.15) is 5.60 Å². The van der Waals surface area contributed by atoms with Gasteiger partial charge >= 0.3 is 12.1 Å². The Balaban J connectivity index is 0. The standard InChI is InChI=1S/C16H24N2O3S.C13H28N2OS2.C13H25NO4S2/c1-11(2)16(19)14(17-12(3)4)10-22-9-13-7-5-6-8-15(13)18(20)21;1-9(2)13(16)12(15-10(3)4)7-6-11(8-14)18-17-5;1-9(11(15)16)6-7-10(20-19-5)8-14-12(17)18-13(2,3)4/h5-8,11-12,14,17H,9-10H2,1-4H3;9-12,15H,6-8,14H2,1-5H3;9-10H,6-8H2,1-5H3,(H,14,17)(H,15,16)/t14-;;/m0../s1. The smallest absolute Gasteiger partial charge is 0.407 e. The summed E-state index contributed by atoms with van der Waals surface area (Å²) in [5.41, 5.74) is 6.06. The molecule has 4 unspecified atom stereocenters. The summed E-state index contributed by atoms with van der Waals surface area (Å²) in [6, 6.07) is 7.05. The molecule has 0 radical (unpaired) electrons. The zero-order valence-corrected chi connectivity index (χ0v) is 42.6. The van der Waals surface area contributed by atoms with E-state index in [0.717, 1.165) is 19.3 Å². The molecule has 18 heteroatoms.